The van der Waals surface area contributed by atoms with Crippen LogP contribution in [0.4, 0.5) is 10.1 Å². The molecule has 1 amide bonds. The molecule has 1 N–H and O–H groups in total. The maximum atomic E-state index is 13.0. The lowest BCUT2D eigenvalue weighted by molar-refractivity contribution is -0.117. The van der Waals surface area contributed by atoms with Gasteiger partial charge in [0.25, 0.3) is 0 Å². The van der Waals surface area contributed by atoms with Gasteiger partial charge in [0.05, 0.1) is 23.8 Å². The largest absolute Gasteiger partial charge is 0.338 e. The van der Waals surface area contributed by atoms with E-state index in [-0.39, 0.29) is 11.7 Å². The minimum atomic E-state index is -0.305. The molecule has 3 aromatic rings. The molecule has 1 saturated heterocycles. The Morgan fingerprint density at radius 2 is 1.77 bits per heavy atom. The van der Waals surface area contributed by atoms with Crippen LogP contribution in [0.25, 0.3) is 11.4 Å². The minimum absolute atomic E-state index is 0.0857. The summed E-state index contributed by atoms with van der Waals surface area (Å²) in [5, 5.41) is 7.34. The molecule has 2 aromatic carbocycles. The van der Waals surface area contributed by atoms with Crippen LogP contribution in [0.2, 0.25) is 5.02 Å². The Morgan fingerprint density at radius 1 is 1.07 bits per heavy atom. The number of anilines is 1. The summed E-state index contributed by atoms with van der Waals surface area (Å²) in [6.07, 6.45) is 0. The van der Waals surface area contributed by atoms with Crippen LogP contribution in [0, 0.1) is 5.82 Å². The van der Waals surface area contributed by atoms with Gasteiger partial charge in [0.1, 0.15) is 5.82 Å². The van der Waals surface area contributed by atoms with Crippen LogP contribution in [0.1, 0.15) is 5.89 Å². The molecular weight excluding hydrogens is 409 g/mol. The molecule has 30 heavy (non-hydrogen) atoms. The number of para-hydroxylation sites is 1. The van der Waals surface area contributed by atoms with E-state index in [2.05, 4.69) is 25.3 Å². The van der Waals surface area contributed by atoms with E-state index in [0.29, 0.717) is 41.1 Å². The number of amides is 1. The second-order valence-corrected chi connectivity index (χ2v) is 7.51. The van der Waals surface area contributed by atoms with E-state index in [4.69, 9.17) is 16.1 Å². The Kier molecular flexibility index (Phi) is 6.37. The summed E-state index contributed by atoms with van der Waals surface area (Å²) in [6, 6.07) is 13.2. The molecule has 4 rings (SSSR count). The number of piperazine rings is 1. The Balaban J connectivity index is 1.24. The fraction of sp³-hybridized carbons (Fsp3) is 0.286. The van der Waals surface area contributed by atoms with Crippen molar-refractivity contribution in [3.63, 3.8) is 0 Å². The lowest BCUT2D eigenvalue weighted by atomic mass is 10.2. The van der Waals surface area contributed by atoms with Crippen molar-refractivity contribution in [3.8, 4) is 11.4 Å². The van der Waals surface area contributed by atoms with E-state index in [0.717, 1.165) is 26.2 Å². The average Bonchev–Trinajstić information content (AvgIpc) is 3.20. The zero-order chi connectivity index (χ0) is 20.9. The highest BCUT2D eigenvalue weighted by molar-refractivity contribution is 6.33. The summed E-state index contributed by atoms with van der Waals surface area (Å²) in [5.41, 5.74) is 1.33. The fourth-order valence-electron chi connectivity index (χ4n) is 3.29. The Bertz CT molecular complexity index is 1000. The first-order chi connectivity index (χ1) is 14.6. The molecule has 156 valence electrons. The van der Waals surface area contributed by atoms with Crippen molar-refractivity contribution in [2.24, 2.45) is 0 Å². The Morgan fingerprint density at radius 3 is 2.50 bits per heavy atom. The van der Waals surface area contributed by atoms with Crippen LogP contribution in [-0.2, 0) is 11.3 Å². The number of halogens is 2. The quantitative estimate of drug-likeness (QED) is 0.648. The van der Waals surface area contributed by atoms with E-state index in [1.54, 1.807) is 24.3 Å². The number of aromatic nitrogens is 2. The molecule has 0 atom stereocenters. The number of carbonyl (C=O) groups excluding carboxylic acids is 1. The number of hydrogen-bond acceptors (Lipinski definition) is 6. The minimum Gasteiger partial charge on any atom is -0.338 e. The molecule has 0 radical (unpaired) electrons. The third kappa shape index (κ3) is 5.21. The molecule has 0 spiro atoms. The SMILES string of the molecule is O=C(CN1CCN(Cc2nc(-c3ccc(F)cc3)no2)CC1)Nc1ccccc1Cl. The maximum absolute atomic E-state index is 13.0. The van der Waals surface area contributed by atoms with Gasteiger partial charge in [0.2, 0.25) is 17.6 Å². The zero-order valence-electron chi connectivity index (χ0n) is 16.2. The normalized spacial score (nSPS) is 15.3. The summed E-state index contributed by atoms with van der Waals surface area (Å²) >= 11 is 6.08. The highest BCUT2D eigenvalue weighted by atomic mass is 35.5. The van der Waals surface area contributed by atoms with Crippen LogP contribution in [0.5, 0.6) is 0 Å². The van der Waals surface area contributed by atoms with Crippen molar-refractivity contribution in [3.05, 3.63) is 65.3 Å². The van der Waals surface area contributed by atoms with Gasteiger partial charge >= 0.3 is 0 Å². The lowest BCUT2D eigenvalue weighted by Gasteiger charge is -2.33. The van der Waals surface area contributed by atoms with Gasteiger partial charge in [-0.1, -0.05) is 28.9 Å². The summed E-state index contributed by atoms with van der Waals surface area (Å²) in [4.78, 5) is 21.0. The van der Waals surface area contributed by atoms with Gasteiger partial charge in [0.15, 0.2) is 0 Å². The first kappa shape index (κ1) is 20.5. The van der Waals surface area contributed by atoms with E-state index in [1.165, 1.54) is 12.1 Å². The van der Waals surface area contributed by atoms with Crippen molar-refractivity contribution >= 4 is 23.2 Å². The van der Waals surface area contributed by atoms with E-state index in [1.807, 2.05) is 12.1 Å². The van der Waals surface area contributed by atoms with Gasteiger partial charge in [-0.05, 0) is 36.4 Å². The van der Waals surface area contributed by atoms with Gasteiger partial charge < -0.3 is 9.84 Å². The third-order valence-electron chi connectivity index (χ3n) is 4.91. The third-order valence-corrected chi connectivity index (χ3v) is 5.24. The predicted molar refractivity (Wildman–Crippen MR) is 111 cm³/mol. The van der Waals surface area contributed by atoms with Crippen LogP contribution in [-0.4, -0.2) is 58.6 Å². The summed E-state index contributed by atoms with van der Waals surface area (Å²) in [7, 11) is 0. The highest BCUT2D eigenvalue weighted by Crippen LogP contribution is 2.20. The first-order valence-electron chi connectivity index (χ1n) is 9.64. The van der Waals surface area contributed by atoms with Crippen molar-refractivity contribution < 1.29 is 13.7 Å². The van der Waals surface area contributed by atoms with Crippen LogP contribution >= 0.6 is 11.6 Å². The smallest absolute Gasteiger partial charge is 0.241 e. The second kappa shape index (κ2) is 9.34. The molecule has 1 fully saturated rings. The fourth-order valence-corrected chi connectivity index (χ4v) is 3.47. The van der Waals surface area contributed by atoms with E-state index >= 15 is 0 Å². The van der Waals surface area contributed by atoms with E-state index < -0.39 is 0 Å². The van der Waals surface area contributed by atoms with Crippen molar-refractivity contribution in [2.45, 2.75) is 6.54 Å². The molecule has 0 aliphatic carbocycles. The number of nitrogens with one attached hydrogen (secondary N) is 1. The molecule has 0 saturated carbocycles. The van der Waals surface area contributed by atoms with Crippen molar-refractivity contribution in [1.82, 2.24) is 19.9 Å². The van der Waals surface area contributed by atoms with Crippen LogP contribution in [0.3, 0.4) is 0 Å². The van der Waals surface area contributed by atoms with Crippen molar-refractivity contribution in [1.29, 1.82) is 0 Å². The summed E-state index contributed by atoms with van der Waals surface area (Å²) in [5.74, 6) is 0.567. The molecule has 1 aliphatic heterocycles. The molecule has 0 bridgehead atoms. The number of nitrogens with zero attached hydrogens (tertiary/aromatic N) is 4. The van der Waals surface area contributed by atoms with E-state index in [9.17, 15) is 9.18 Å². The Hall–Kier alpha value is -2.81. The molecule has 0 unspecified atom stereocenters. The van der Waals surface area contributed by atoms with Gasteiger partial charge in [-0.25, -0.2) is 4.39 Å². The van der Waals surface area contributed by atoms with Gasteiger partial charge in [-0.2, -0.15) is 4.98 Å². The monoisotopic (exact) mass is 429 g/mol. The lowest BCUT2D eigenvalue weighted by Crippen LogP contribution is -2.48. The van der Waals surface area contributed by atoms with Crippen LogP contribution < -0.4 is 5.32 Å². The predicted octanol–water partition coefficient (Wildman–Crippen LogP) is 3.29. The molecule has 1 aromatic heterocycles. The number of rotatable bonds is 6. The number of hydrogen-bond donors (Lipinski definition) is 1. The maximum Gasteiger partial charge on any atom is 0.241 e. The average molecular weight is 430 g/mol. The highest BCUT2D eigenvalue weighted by Gasteiger charge is 2.21. The summed E-state index contributed by atoms with van der Waals surface area (Å²) < 4.78 is 18.4. The number of benzene rings is 2. The van der Waals surface area contributed by atoms with Gasteiger partial charge in [0, 0.05) is 31.7 Å². The van der Waals surface area contributed by atoms with Crippen LogP contribution in [0.15, 0.2) is 53.1 Å². The van der Waals surface area contributed by atoms with Gasteiger partial charge in [-0.15, -0.1) is 0 Å². The second-order valence-electron chi connectivity index (χ2n) is 7.10. The molecule has 9 heteroatoms. The summed E-state index contributed by atoms with van der Waals surface area (Å²) in [6.45, 7) is 3.94. The zero-order valence-corrected chi connectivity index (χ0v) is 17.0. The Labute approximate surface area is 178 Å². The topological polar surface area (TPSA) is 74.5 Å². The van der Waals surface area contributed by atoms with Gasteiger partial charge in [-0.3, -0.25) is 14.6 Å². The molecule has 7 nitrogen and oxygen atoms in total. The first-order valence-corrected chi connectivity index (χ1v) is 10.0. The molecule has 2 heterocycles. The molecular formula is C21H21ClFN5O2. The molecule has 1 aliphatic rings. The standard InChI is InChI=1S/C21H21ClFN5O2/c22-17-3-1-2-4-18(17)24-19(29)13-27-9-11-28(12-10-27)14-20-25-21(26-30-20)15-5-7-16(23)8-6-15/h1-8H,9-14H2,(H,24,29). The van der Waals surface area contributed by atoms with Crippen molar-refractivity contribution in [2.75, 3.05) is 38.0 Å². The number of carbonyl (C=O) groups is 1.